The van der Waals surface area contributed by atoms with E-state index >= 15 is 0 Å². The number of fused-ring (bicyclic) bond motifs is 1. The molecule has 0 aliphatic carbocycles. The summed E-state index contributed by atoms with van der Waals surface area (Å²) in [5.41, 5.74) is 0.970. The van der Waals surface area contributed by atoms with Crippen LogP contribution < -0.4 is 15.4 Å². The van der Waals surface area contributed by atoms with Crippen molar-refractivity contribution in [1.29, 1.82) is 0 Å². The van der Waals surface area contributed by atoms with Gasteiger partial charge in [-0.1, -0.05) is 22.9 Å². The molecule has 2 rings (SSSR count). The highest BCUT2D eigenvalue weighted by Crippen LogP contribution is 2.33. The van der Waals surface area contributed by atoms with Gasteiger partial charge in [0.1, 0.15) is 5.75 Å². The number of urea groups is 1. The average Bonchev–Trinajstić information content (AvgIpc) is 2.45. The van der Waals surface area contributed by atoms with Crippen molar-refractivity contribution in [3.63, 3.8) is 0 Å². The summed E-state index contributed by atoms with van der Waals surface area (Å²) >= 11 is 3.43. The molecule has 1 aliphatic heterocycles. The highest BCUT2D eigenvalue weighted by Gasteiger charge is 2.23. The van der Waals surface area contributed by atoms with Crippen LogP contribution in [0.3, 0.4) is 0 Å². The number of hydrogen-bond donors (Lipinski definition) is 3. The Morgan fingerprint density at radius 1 is 1.60 bits per heavy atom. The van der Waals surface area contributed by atoms with Crippen LogP contribution in [0.4, 0.5) is 4.79 Å². The van der Waals surface area contributed by atoms with Crippen molar-refractivity contribution in [1.82, 2.24) is 10.6 Å². The summed E-state index contributed by atoms with van der Waals surface area (Å²) in [6.45, 7) is 2.44. The maximum absolute atomic E-state index is 11.9. The third-order valence-corrected chi connectivity index (χ3v) is 3.86. The Kier molecular flexibility index (Phi) is 5.25. The molecule has 3 N–H and O–H groups in total. The molecule has 0 fully saturated rings. The van der Waals surface area contributed by atoms with Crippen LogP contribution in [0, 0.1) is 0 Å². The van der Waals surface area contributed by atoms with Crippen molar-refractivity contribution in [2.75, 3.05) is 13.2 Å². The number of ether oxygens (including phenoxy) is 1. The first-order valence-electron chi connectivity index (χ1n) is 6.74. The average molecular weight is 343 g/mol. The molecule has 1 heterocycles. The maximum Gasteiger partial charge on any atom is 0.315 e. The van der Waals surface area contributed by atoms with Gasteiger partial charge in [0.2, 0.25) is 0 Å². The molecule has 1 aromatic carbocycles. The normalized spacial score (nSPS) is 18.6. The molecule has 0 bridgehead atoms. The van der Waals surface area contributed by atoms with E-state index in [1.165, 1.54) is 0 Å². The molecule has 1 aromatic rings. The van der Waals surface area contributed by atoms with Crippen molar-refractivity contribution in [3.05, 3.63) is 28.2 Å². The second-order valence-corrected chi connectivity index (χ2v) is 5.69. The summed E-state index contributed by atoms with van der Waals surface area (Å²) in [6, 6.07) is 5.23. The molecule has 5 nitrogen and oxygen atoms in total. The van der Waals surface area contributed by atoms with Crippen LogP contribution >= 0.6 is 15.9 Å². The third kappa shape index (κ3) is 3.64. The van der Waals surface area contributed by atoms with Gasteiger partial charge in [-0.25, -0.2) is 4.79 Å². The van der Waals surface area contributed by atoms with E-state index in [4.69, 9.17) is 9.84 Å². The molecule has 2 amide bonds. The fourth-order valence-electron chi connectivity index (χ4n) is 2.18. The summed E-state index contributed by atoms with van der Waals surface area (Å²) in [7, 11) is 0. The van der Waals surface area contributed by atoms with Crippen LogP contribution in [0.1, 0.15) is 31.4 Å². The van der Waals surface area contributed by atoms with Crippen LogP contribution in [0.2, 0.25) is 0 Å². The summed E-state index contributed by atoms with van der Waals surface area (Å²) in [5, 5.41) is 14.8. The number of benzene rings is 1. The first kappa shape index (κ1) is 15.1. The Morgan fingerprint density at radius 2 is 2.40 bits per heavy atom. The lowest BCUT2D eigenvalue weighted by molar-refractivity contribution is 0.205. The Balaban J connectivity index is 2.04. The quantitative estimate of drug-likeness (QED) is 0.786. The van der Waals surface area contributed by atoms with Gasteiger partial charge in [0.25, 0.3) is 0 Å². The van der Waals surface area contributed by atoms with Gasteiger partial charge in [0.15, 0.2) is 0 Å². The van der Waals surface area contributed by atoms with Crippen molar-refractivity contribution in [2.24, 2.45) is 0 Å². The SMILES string of the molecule is CCC(CO)NC(=O)NC1CCOc2ccc(Br)cc21. The monoisotopic (exact) mass is 342 g/mol. The van der Waals surface area contributed by atoms with Gasteiger partial charge in [0.05, 0.1) is 25.3 Å². The molecule has 20 heavy (non-hydrogen) atoms. The molecule has 0 aromatic heterocycles. The fourth-order valence-corrected chi connectivity index (χ4v) is 2.56. The molecule has 0 saturated carbocycles. The number of halogens is 1. The minimum atomic E-state index is -0.260. The van der Waals surface area contributed by atoms with E-state index in [1.54, 1.807) is 0 Å². The zero-order valence-electron chi connectivity index (χ0n) is 11.4. The number of carbonyl (C=O) groups is 1. The van der Waals surface area contributed by atoms with E-state index in [0.717, 1.165) is 22.2 Å². The Labute approximate surface area is 126 Å². The number of nitrogens with one attached hydrogen (secondary N) is 2. The largest absolute Gasteiger partial charge is 0.493 e. The zero-order chi connectivity index (χ0) is 14.5. The smallest absolute Gasteiger partial charge is 0.315 e. The second kappa shape index (κ2) is 6.95. The first-order valence-corrected chi connectivity index (χ1v) is 7.53. The Hall–Kier alpha value is -1.27. The van der Waals surface area contributed by atoms with Crippen molar-refractivity contribution >= 4 is 22.0 Å². The van der Waals surface area contributed by atoms with E-state index in [2.05, 4.69) is 26.6 Å². The number of amides is 2. The van der Waals surface area contributed by atoms with Crippen LogP contribution in [-0.2, 0) is 0 Å². The van der Waals surface area contributed by atoms with Crippen LogP contribution in [0.25, 0.3) is 0 Å². The van der Waals surface area contributed by atoms with Crippen molar-refractivity contribution < 1.29 is 14.6 Å². The lowest BCUT2D eigenvalue weighted by atomic mass is 10.0. The predicted octanol–water partition coefficient (Wildman–Crippen LogP) is 2.34. The predicted molar refractivity (Wildman–Crippen MR) is 79.8 cm³/mol. The van der Waals surface area contributed by atoms with E-state index < -0.39 is 0 Å². The number of hydrogen-bond acceptors (Lipinski definition) is 3. The minimum absolute atomic E-state index is 0.0557. The molecule has 0 radical (unpaired) electrons. The van der Waals surface area contributed by atoms with Gasteiger partial charge in [-0.3, -0.25) is 0 Å². The molecule has 0 saturated heterocycles. The van der Waals surface area contributed by atoms with Gasteiger partial charge in [0, 0.05) is 16.5 Å². The Morgan fingerprint density at radius 3 is 3.10 bits per heavy atom. The zero-order valence-corrected chi connectivity index (χ0v) is 12.9. The second-order valence-electron chi connectivity index (χ2n) is 4.78. The van der Waals surface area contributed by atoms with Gasteiger partial charge in [-0.15, -0.1) is 0 Å². The van der Waals surface area contributed by atoms with E-state index in [-0.39, 0.29) is 24.7 Å². The molecule has 2 atom stereocenters. The lowest BCUT2D eigenvalue weighted by Gasteiger charge is -2.27. The van der Waals surface area contributed by atoms with E-state index in [9.17, 15) is 4.79 Å². The molecule has 6 heteroatoms. The number of aliphatic hydroxyl groups excluding tert-OH is 1. The van der Waals surface area contributed by atoms with Crippen molar-refractivity contribution in [2.45, 2.75) is 31.8 Å². The van der Waals surface area contributed by atoms with E-state index in [1.807, 2.05) is 25.1 Å². The Bertz CT molecular complexity index is 477. The summed E-state index contributed by atoms with van der Waals surface area (Å²) < 4.78 is 6.54. The highest BCUT2D eigenvalue weighted by atomic mass is 79.9. The molecule has 110 valence electrons. The van der Waals surface area contributed by atoms with Crippen LogP contribution in [0.15, 0.2) is 22.7 Å². The molecule has 0 spiro atoms. The van der Waals surface area contributed by atoms with Crippen LogP contribution in [-0.4, -0.2) is 30.4 Å². The molecule has 2 unspecified atom stereocenters. The minimum Gasteiger partial charge on any atom is -0.493 e. The molecule has 1 aliphatic rings. The highest BCUT2D eigenvalue weighted by molar-refractivity contribution is 9.10. The topological polar surface area (TPSA) is 70.6 Å². The molecular weight excluding hydrogens is 324 g/mol. The summed E-state index contributed by atoms with van der Waals surface area (Å²) in [5.74, 6) is 0.805. The first-order chi connectivity index (χ1) is 9.63. The number of carbonyl (C=O) groups excluding carboxylic acids is 1. The van der Waals surface area contributed by atoms with Gasteiger partial charge in [-0.2, -0.15) is 0 Å². The van der Waals surface area contributed by atoms with Crippen molar-refractivity contribution in [3.8, 4) is 5.75 Å². The summed E-state index contributed by atoms with van der Waals surface area (Å²) in [4.78, 5) is 11.9. The maximum atomic E-state index is 11.9. The number of aliphatic hydroxyl groups is 1. The van der Waals surface area contributed by atoms with Gasteiger partial charge in [-0.05, 0) is 24.6 Å². The standard InChI is InChI=1S/C14H19BrN2O3/c1-2-10(8-18)16-14(19)17-12-5-6-20-13-4-3-9(15)7-11(12)13/h3-4,7,10,12,18H,2,5-6,8H2,1H3,(H2,16,17,19). The van der Waals surface area contributed by atoms with E-state index in [0.29, 0.717) is 13.0 Å². The van der Waals surface area contributed by atoms with Gasteiger partial charge >= 0.3 is 6.03 Å². The third-order valence-electron chi connectivity index (χ3n) is 3.37. The molecular formula is C14H19BrN2O3. The van der Waals surface area contributed by atoms with Gasteiger partial charge < -0.3 is 20.5 Å². The summed E-state index contributed by atoms with van der Waals surface area (Å²) in [6.07, 6.45) is 1.42. The fraction of sp³-hybridized carbons (Fsp3) is 0.500. The lowest BCUT2D eigenvalue weighted by Crippen LogP contribution is -2.45. The number of rotatable bonds is 4. The van der Waals surface area contributed by atoms with Crippen LogP contribution in [0.5, 0.6) is 5.75 Å².